The number of hydrogen-bond acceptors (Lipinski definition) is 5. The maximum Gasteiger partial charge on any atom is 0.407 e. The van der Waals surface area contributed by atoms with Gasteiger partial charge in [-0.15, -0.1) is 0 Å². The van der Waals surface area contributed by atoms with Crippen LogP contribution >= 0.6 is 0 Å². The third-order valence-electron chi connectivity index (χ3n) is 3.41. The molecule has 1 aliphatic rings. The van der Waals surface area contributed by atoms with E-state index in [0.29, 0.717) is 26.0 Å². The van der Waals surface area contributed by atoms with Gasteiger partial charge >= 0.3 is 18.0 Å². The molecule has 8 nitrogen and oxygen atoms in total. The standard InChI is InChI=1S/C12H15NO3.C6H10O4/c1-8-3-9(2)5-10(4-8)15-7-11-6-13-12(14)16-11;7-5(8)3-1-2-4-6(9)10/h3-5,11H,6-7H2,1-2H3,(H,13,14);1-4H2,(H,7,8)(H,9,10). The molecule has 1 fully saturated rings. The number of aryl methyl sites for hydroxylation is 2. The molecular formula is C18H25NO7. The number of nitrogens with one attached hydrogen (secondary N) is 1. The van der Waals surface area contributed by atoms with Crippen LogP contribution in [-0.4, -0.2) is 47.5 Å². The highest BCUT2D eigenvalue weighted by Crippen LogP contribution is 2.17. The SMILES string of the molecule is Cc1cc(C)cc(OCC2CNC(=O)O2)c1.O=C(O)CCCCC(=O)O. The lowest BCUT2D eigenvalue weighted by Gasteiger charge is -2.11. The Morgan fingerprint density at radius 1 is 1.12 bits per heavy atom. The van der Waals surface area contributed by atoms with Gasteiger partial charge in [-0.25, -0.2) is 4.79 Å². The minimum Gasteiger partial charge on any atom is -0.490 e. The summed E-state index contributed by atoms with van der Waals surface area (Å²) in [6.45, 7) is 4.96. The molecule has 0 aliphatic carbocycles. The van der Waals surface area contributed by atoms with E-state index in [1.807, 2.05) is 26.0 Å². The molecule has 2 rings (SSSR count). The van der Waals surface area contributed by atoms with Crippen LogP contribution in [0.15, 0.2) is 18.2 Å². The summed E-state index contributed by atoms with van der Waals surface area (Å²) in [5.74, 6) is -0.920. The number of carbonyl (C=O) groups is 3. The summed E-state index contributed by atoms with van der Waals surface area (Å²) in [4.78, 5) is 30.6. The van der Waals surface area contributed by atoms with E-state index in [0.717, 1.165) is 16.9 Å². The lowest BCUT2D eigenvalue weighted by molar-refractivity contribution is -0.139. The van der Waals surface area contributed by atoms with Crippen LogP contribution in [-0.2, 0) is 14.3 Å². The molecule has 1 unspecified atom stereocenters. The molecule has 0 radical (unpaired) electrons. The van der Waals surface area contributed by atoms with Crippen LogP contribution in [0.5, 0.6) is 5.75 Å². The number of carbonyl (C=O) groups excluding carboxylic acids is 1. The lowest BCUT2D eigenvalue weighted by atomic mass is 10.1. The zero-order chi connectivity index (χ0) is 19.5. The quantitative estimate of drug-likeness (QED) is 0.603. The smallest absolute Gasteiger partial charge is 0.407 e. The summed E-state index contributed by atoms with van der Waals surface area (Å²) in [5, 5.41) is 18.9. The third kappa shape index (κ3) is 9.51. The Morgan fingerprint density at radius 2 is 1.65 bits per heavy atom. The number of carboxylic acids is 2. The van der Waals surface area contributed by atoms with Crippen molar-refractivity contribution in [2.75, 3.05) is 13.2 Å². The van der Waals surface area contributed by atoms with Crippen LogP contribution in [0.3, 0.4) is 0 Å². The molecule has 3 N–H and O–H groups in total. The maximum absolute atomic E-state index is 10.8. The second-order valence-corrected chi connectivity index (χ2v) is 6.04. The number of unbranched alkanes of at least 4 members (excludes halogenated alkanes) is 1. The molecule has 1 saturated heterocycles. The van der Waals surface area contributed by atoms with Gasteiger partial charge in [-0.2, -0.15) is 0 Å². The minimum absolute atomic E-state index is 0.0628. The van der Waals surface area contributed by atoms with E-state index < -0.39 is 11.9 Å². The van der Waals surface area contributed by atoms with Gasteiger partial charge in [-0.3, -0.25) is 9.59 Å². The van der Waals surface area contributed by atoms with Gasteiger partial charge in [0.25, 0.3) is 0 Å². The molecule has 1 atom stereocenters. The number of aliphatic carboxylic acids is 2. The first-order chi connectivity index (χ1) is 12.3. The summed E-state index contributed by atoms with van der Waals surface area (Å²) in [7, 11) is 0. The van der Waals surface area contributed by atoms with Gasteiger partial charge in [0.05, 0.1) is 6.54 Å². The van der Waals surface area contributed by atoms with Gasteiger partial charge in [0.1, 0.15) is 12.4 Å². The minimum atomic E-state index is -0.870. The number of benzene rings is 1. The molecule has 0 spiro atoms. The van der Waals surface area contributed by atoms with Crippen LogP contribution in [0.1, 0.15) is 36.8 Å². The fourth-order valence-corrected chi connectivity index (χ4v) is 2.28. The van der Waals surface area contributed by atoms with Crippen molar-refractivity contribution in [3.63, 3.8) is 0 Å². The van der Waals surface area contributed by atoms with Crippen molar-refractivity contribution in [3.8, 4) is 5.75 Å². The Bertz CT molecular complexity index is 594. The molecular weight excluding hydrogens is 342 g/mol. The van der Waals surface area contributed by atoms with E-state index in [2.05, 4.69) is 11.4 Å². The Kier molecular flexibility index (Phi) is 8.97. The van der Waals surface area contributed by atoms with Crippen molar-refractivity contribution in [2.45, 2.75) is 45.6 Å². The summed E-state index contributed by atoms with van der Waals surface area (Å²) < 4.78 is 10.6. The van der Waals surface area contributed by atoms with E-state index >= 15 is 0 Å². The monoisotopic (exact) mass is 367 g/mol. The van der Waals surface area contributed by atoms with Gasteiger partial charge in [-0.1, -0.05) is 6.07 Å². The Labute approximate surface area is 152 Å². The molecule has 8 heteroatoms. The van der Waals surface area contributed by atoms with Crippen molar-refractivity contribution >= 4 is 18.0 Å². The fraction of sp³-hybridized carbons (Fsp3) is 0.500. The molecule has 0 bridgehead atoms. The maximum atomic E-state index is 10.8. The van der Waals surface area contributed by atoms with Crippen LogP contribution in [0, 0.1) is 13.8 Å². The summed E-state index contributed by atoms with van der Waals surface area (Å²) in [5.41, 5.74) is 2.33. The van der Waals surface area contributed by atoms with E-state index in [4.69, 9.17) is 19.7 Å². The average molecular weight is 367 g/mol. The number of ether oxygens (including phenoxy) is 2. The van der Waals surface area contributed by atoms with Crippen molar-refractivity contribution in [2.24, 2.45) is 0 Å². The van der Waals surface area contributed by atoms with Crippen molar-refractivity contribution in [1.82, 2.24) is 5.32 Å². The molecule has 0 aromatic heterocycles. The lowest BCUT2D eigenvalue weighted by Crippen LogP contribution is -2.21. The fourth-order valence-electron chi connectivity index (χ4n) is 2.28. The number of hydrogen-bond donors (Lipinski definition) is 3. The number of carboxylic acid groups (broad SMARTS) is 2. The van der Waals surface area contributed by atoms with E-state index in [9.17, 15) is 14.4 Å². The van der Waals surface area contributed by atoms with Gasteiger partial charge in [0.15, 0.2) is 6.10 Å². The number of cyclic esters (lactones) is 1. The molecule has 1 aromatic carbocycles. The second kappa shape index (κ2) is 11.0. The highest BCUT2D eigenvalue weighted by atomic mass is 16.6. The van der Waals surface area contributed by atoms with Crippen LogP contribution < -0.4 is 10.1 Å². The first-order valence-electron chi connectivity index (χ1n) is 8.35. The van der Waals surface area contributed by atoms with Crippen molar-refractivity contribution in [1.29, 1.82) is 0 Å². The topological polar surface area (TPSA) is 122 Å². The van der Waals surface area contributed by atoms with Gasteiger partial charge < -0.3 is 25.0 Å². The van der Waals surface area contributed by atoms with Crippen LogP contribution in [0.2, 0.25) is 0 Å². The first-order valence-corrected chi connectivity index (χ1v) is 8.35. The molecule has 1 aliphatic heterocycles. The highest BCUT2D eigenvalue weighted by Gasteiger charge is 2.22. The normalized spacial score (nSPS) is 15.3. The van der Waals surface area contributed by atoms with Crippen molar-refractivity contribution in [3.05, 3.63) is 29.3 Å². The Hall–Kier alpha value is -2.77. The molecule has 144 valence electrons. The van der Waals surface area contributed by atoms with Gasteiger partial charge in [0, 0.05) is 12.8 Å². The number of alkyl carbamates (subject to hydrolysis) is 1. The number of rotatable bonds is 8. The molecule has 0 saturated carbocycles. The van der Waals surface area contributed by atoms with Crippen LogP contribution in [0.4, 0.5) is 4.79 Å². The Balaban J connectivity index is 0.000000294. The summed E-state index contributed by atoms with van der Waals surface area (Å²) in [6, 6.07) is 6.03. The average Bonchev–Trinajstić information content (AvgIpc) is 2.95. The first kappa shape index (κ1) is 21.3. The van der Waals surface area contributed by atoms with E-state index in [1.165, 1.54) is 0 Å². The number of amides is 1. The molecule has 1 aromatic rings. The molecule has 1 heterocycles. The zero-order valence-corrected chi connectivity index (χ0v) is 15.0. The van der Waals surface area contributed by atoms with Crippen molar-refractivity contribution < 1.29 is 34.1 Å². The van der Waals surface area contributed by atoms with Gasteiger partial charge in [-0.05, 0) is 49.9 Å². The van der Waals surface area contributed by atoms with Gasteiger partial charge in [0.2, 0.25) is 0 Å². The predicted octanol–water partition coefficient (Wildman–Crippen LogP) is 2.51. The summed E-state index contributed by atoms with van der Waals surface area (Å²) in [6.07, 6.45) is 0.464. The predicted molar refractivity (Wildman–Crippen MR) is 93.4 cm³/mol. The Morgan fingerprint density at radius 3 is 2.08 bits per heavy atom. The molecule has 26 heavy (non-hydrogen) atoms. The third-order valence-corrected chi connectivity index (χ3v) is 3.41. The molecule has 1 amide bonds. The zero-order valence-electron chi connectivity index (χ0n) is 15.0. The van der Waals surface area contributed by atoms with Crippen LogP contribution in [0.25, 0.3) is 0 Å². The van der Waals surface area contributed by atoms with E-state index in [1.54, 1.807) is 0 Å². The second-order valence-electron chi connectivity index (χ2n) is 6.04. The highest BCUT2D eigenvalue weighted by molar-refractivity contribution is 5.69. The van der Waals surface area contributed by atoms with E-state index in [-0.39, 0.29) is 25.0 Å². The largest absolute Gasteiger partial charge is 0.490 e. The summed E-state index contributed by atoms with van der Waals surface area (Å²) >= 11 is 0.